The van der Waals surface area contributed by atoms with E-state index in [0.717, 1.165) is 33.4 Å². The fourth-order valence-electron chi connectivity index (χ4n) is 6.40. The van der Waals surface area contributed by atoms with E-state index in [2.05, 4.69) is 118 Å². The Hall–Kier alpha value is -2.56. The molecular formula is C42H60IrN3O2-. The summed E-state index contributed by atoms with van der Waals surface area (Å²) < 4.78 is 2.31. The van der Waals surface area contributed by atoms with E-state index in [1.165, 1.54) is 22.8 Å². The monoisotopic (exact) mass is 831 g/mol. The minimum Gasteiger partial charge on any atom is -0.512 e. The van der Waals surface area contributed by atoms with Gasteiger partial charge >= 0.3 is 0 Å². The number of aliphatic hydroxyl groups is 1. The molecule has 0 amide bonds. The second-order valence-corrected chi connectivity index (χ2v) is 19.5. The molecule has 1 aliphatic carbocycles. The molecule has 1 aliphatic rings. The van der Waals surface area contributed by atoms with Gasteiger partial charge < -0.3 is 9.51 Å². The van der Waals surface area contributed by atoms with E-state index in [9.17, 15) is 9.90 Å². The van der Waals surface area contributed by atoms with Crippen LogP contribution in [0.1, 0.15) is 147 Å². The number of aliphatic hydroxyl groups excluding tert-OH is 1. The van der Waals surface area contributed by atoms with Gasteiger partial charge in [0.05, 0.1) is 16.7 Å². The molecule has 1 radical (unpaired) electrons. The molecule has 0 unspecified atom stereocenters. The van der Waals surface area contributed by atoms with Gasteiger partial charge in [0.15, 0.2) is 5.78 Å². The molecule has 2 aromatic heterocycles. The number of hydrogen-bond acceptors (Lipinski definition) is 4. The maximum atomic E-state index is 11.5. The summed E-state index contributed by atoms with van der Waals surface area (Å²) in [4.78, 5) is 22.0. The van der Waals surface area contributed by atoms with E-state index >= 15 is 0 Å². The average molecular weight is 831 g/mol. The summed E-state index contributed by atoms with van der Waals surface area (Å²) in [5.74, 6) is 1.15. The van der Waals surface area contributed by atoms with Crippen molar-refractivity contribution in [2.45, 2.75) is 146 Å². The Labute approximate surface area is 303 Å². The standard InChI is InChI=1S/C31H40N3.C11H20O2.Ir/c1-27(2,3)18-13-14-19-22(15-18)33-26(28(4,5)6)34-24-17-21-20(16-23(24)32-25(19)34)29(7,8)31(11,12)30(21,9)10;1-10(2,3)8(12)7-9(13)11(4,5)6;/h13,15-17H,1-12H3;7,12H,1-6H3;/q-1;;. The summed E-state index contributed by atoms with van der Waals surface area (Å²) in [6.07, 6.45) is 1.33. The summed E-state index contributed by atoms with van der Waals surface area (Å²) in [6.45, 7) is 39.0. The van der Waals surface area contributed by atoms with Gasteiger partial charge in [0.2, 0.25) is 0 Å². The van der Waals surface area contributed by atoms with Gasteiger partial charge in [-0.05, 0) is 50.4 Å². The number of rotatable bonds is 1. The van der Waals surface area contributed by atoms with Gasteiger partial charge in [0, 0.05) is 42.4 Å². The molecule has 0 fully saturated rings. The smallest absolute Gasteiger partial charge is 0.164 e. The Bertz CT molecular complexity index is 1910. The summed E-state index contributed by atoms with van der Waals surface area (Å²) in [6, 6.07) is 12.7. The second kappa shape index (κ2) is 12.0. The zero-order chi connectivity index (χ0) is 36.1. The zero-order valence-electron chi connectivity index (χ0n) is 32.9. The van der Waals surface area contributed by atoms with Gasteiger partial charge in [0.25, 0.3) is 0 Å². The normalized spacial score (nSPS) is 17.6. The van der Waals surface area contributed by atoms with Crippen LogP contribution in [0.4, 0.5) is 0 Å². The van der Waals surface area contributed by atoms with Crippen LogP contribution in [0.5, 0.6) is 0 Å². The van der Waals surface area contributed by atoms with Gasteiger partial charge in [-0.15, -0.1) is 23.8 Å². The summed E-state index contributed by atoms with van der Waals surface area (Å²) >= 11 is 0. The van der Waals surface area contributed by atoms with Crippen molar-refractivity contribution in [3.05, 3.63) is 64.7 Å². The van der Waals surface area contributed by atoms with Crippen molar-refractivity contribution in [1.29, 1.82) is 0 Å². The maximum absolute atomic E-state index is 11.5. The number of fused-ring (bicyclic) bond motifs is 6. The van der Waals surface area contributed by atoms with Crippen LogP contribution >= 0.6 is 0 Å². The van der Waals surface area contributed by atoms with Gasteiger partial charge in [-0.2, -0.15) is 0 Å². The van der Waals surface area contributed by atoms with Crippen molar-refractivity contribution in [3.63, 3.8) is 0 Å². The first kappa shape index (κ1) is 39.9. The van der Waals surface area contributed by atoms with Crippen LogP contribution < -0.4 is 0 Å². The third-order valence-corrected chi connectivity index (χ3v) is 11.2. The van der Waals surface area contributed by atoms with Gasteiger partial charge in [0.1, 0.15) is 11.6 Å². The molecule has 0 bridgehead atoms. The number of nitrogens with zero attached hydrogens (tertiary/aromatic N) is 3. The first-order valence-electron chi connectivity index (χ1n) is 17.1. The van der Waals surface area contributed by atoms with E-state index in [-0.39, 0.29) is 64.1 Å². The first-order valence-corrected chi connectivity index (χ1v) is 17.1. The quantitative estimate of drug-likeness (QED) is 0.118. The number of ketones is 1. The van der Waals surface area contributed by atoms with Crippen LogP contribution in [0.3, 0.4) is 0 Å². The van der Waals surface area contributed by atoms with E-state index in [1.807, 2.05) is 41.5 Å². The fourth-order valence-corrected chi connectivity index (χ4v) is 6.40. The first-order chi connectivity index (χ1) is 20.9. The Balaban J connectivity index is 0.000000382. The molecule has 265 valence electrons. The van der Waals surface area contributed by atoms with Crippen LogP contribution in [-0.4, -0.2) is 25.3 Å². The number of allylic oxidation sites excluding steroid dienone is 2. The number of aromatic nitrogens is 3. The Kier molecular flexibility index (Phi) is 10.0. The molecular weight excluding hydrogens is 771 g/mol. The number of imidazole rings is 1. The molecule has 2 aromatic carbocycles. The van der Waals surface area contributed by atoms with E-state index in [0.29, 0.717) is 0 Å². The molecule has 4 aromatic rings. The van der Waals surface area contributed by atoms with Gasteiger partial charge in [-0.3, -0.25) is 14.8 Å². The summed E-state index contributed by atoms with van der Waals surface area (Å²) in [5, 5.41) is 10.6. The Morgan fingerprint density at radius 3 is 1.73 bits per heavy atom. The summed E-state index contributed by atoms with van der Waals surface area (Å²) in [5.41, 5.74) is 7.62. The molecule has 2 heterocycles. The summed E-state index contributed by atoms with van der Waals surface area (Å²) in [7, 11) is 0. The minimum absolute atomic E-state index is 0. The third-order valence-electron chi connectivity index (χ3n) is 11.2. The molecule has 0 saturated heterocycles. The average Bonchev–Trinajstić information content (AvgIpc) is 3.32. The topological polar surface area (TPSA) is 67.5 Å². The molecule has 0 saturated carbocycles. The van der Waals surface area contributed by atoms with E-state index in [4.69, 9.17) is 9.97 Å². The SMILES string of the molecule is CC(C)(C)C(=O)C=C(O)C(C)(C)C.CC(C)(C)c1c[c-]c2c(c1)nc(C(C)(C)C)n1c3cc4c(cc3nc21)C(C)(C)C(C)(C)C4(C)C.[Ir]. The Morgan fingerprint density at radius 2 is 1.27 bits per heavy atom. The number of benzene rings is 2. The van der Waals surface area contributed by atoms with Crippen molar-refractivity contribution >= 4 is 33.4 Å². The van der Waals surface area contributed by atoms with Crippen molar-refractivity contribution in [3.8, 4) is 0 Å². The van der Waals surface area contributed by atoms with Gasteiger partial charge in [-0.1, -0.05) is 130 Å². The number of carbonyl (C=O) groups excluding carboxylic acids is 1. The predicted octanol–water partition coefficient (Wildman–Crippen LogP) is 11.1. The molecule has 5 nitrogen and oxygen atoms in total. The molecule has 48 heavy (non-hydrogen) atoms. The Morgan fingerprint density at radius 1 is 0.750 bits per heavy atom. The van der Waals surface area contributed by atoms with Crippen molar-refractivity contribution in [2.75, 3.05) is 0 Å². The van der Waals surface area contributed by atoms with Crippen LogP contribution in [0.25, 0.3) is 27.6 Å². The van der Waals surface area contributed by atoms with E-state index in [1.54, 1.807) is 0 Å². The molecule has 0 aliphatic heterocycles. The maximum Gasteiger partial charge on any atom is 0.164 e. The van der Waals surface area contributed by atoms with Crippen LogP contribution in [0.2, 0.25) is 0 Å². The van der Waals surface area contributed by atoms with Crippen LogP contribution in [-0.2, 0) is 46.6 Å². The number of hydrogen-bond donors (Lipinski definition) is 1. The molecule has 0 spiro atoms. The molecule has 5 rings (SSSR count). The largest absolute Gasteiger partial charge is 0.512 e. The number of carbonyl (C=O) groups is 1. The van der Waals surface area contributed by atoms with Crippen molar-refractivity contribution in [2.24, 2.45) is 16.2 Å². The van der Waals surface area contributed by atoms with E-state index < -0.39 is 5.41 Å². The molecule has 0 atom stereocenters. The van der Waals surface area contributed by atoms with Crippen LogP contribution in [0.15, 0.2) is 36.1 Å². The van der Waals surface area contributed by atoms with Crippen molar-refractivity contribution in [1.82, 2.24) is 14.4 Å². The van der Waals surface area contributed by atoms with Crippen LogP contribution in [0, 0.1) is 22.3 Å². The minimum atomic E-state index is -0.417. The third kappa shape index (κ3) is 6.65. The molecule has 1 N–H and O–H groups in total. The zero-order valence-corrected chi connectivity index (χ0v) is 35.3. The fraction of sp³-hybridized carbons (Fsp3) is 0.595. The molecule has 6 heteroatoms. The second-order valence-electron chi connectivity index (χ2n) is 19.5. The van der Waals surface area contributed by atoms with Gasteiger partial charge in [-0.25, -0.2) is 0 Å². The predicted molar refractivity (Wildman–Crippen MR) is 199 cm³/mol. The van der Waals surface area contributed by atoms with Crippen molar-refractivity contribution < 1.29 is 30.0 Å².